The lowest BCUT2D eigenvalue weighted by Crippen LogP contribution is -2.40. The van der Waals surface area contributed by atoms with Crippen molar-refractivity contribution < 1.29 is 9.90 Å². The molecular weight excluding hydrogens is 248 g/mol. The summed E-state index contributed by atoms with van der Waals surface area (Å²) in [6.45, 7) is -0.438. The molecular formula is C13H12N2O4. The predicted octanol–water partition coefficient (Wildman–Crippen LogP) is 0.583. The zero-order valence-electron chi connectivity index (χ0n) is 10.1. The van der Waals surface area contributed by atoms with Crippen molar-refractivity contribution in [3.8, 4) is 0 Å². The first-order valence-electron chi connectivity index (χ1n) is 6.05. The van der Waals surface area contributed by atoms with Gasteiger partial charge in [-0.3, -0.25) is 18.7 Å². The maximum Gasteiger partial charge on any atom is 0.332 e. The van der Waals surface area contributed by atoms with Crippen LogP contribution in [0, 0.1) is 0 Å². The Balaban J connectivity index is 2.42. The summed E-state index contributed by atoms with van der Waals surface area (Å²) >= 11 is 0. The summed E-state index contributed by atoms with van der Waals surface area (Å²) in [5.74, 6) is -1.10. The lowest BCUT2D eigenvalue weighted by molar-refractivity contribution is -0.137. The van der Waals surface area contributed by atoms with E-state index in [2.05, 4.69) is 0 Å². The minimum atomic E-state index is -1.10. The van der Waals surface area contributed by atoms with E-state index in [1.54, 1.807) is 24.3 Å². The molecule has 1 N–H and O–H groups in total. The third-order valence-corrected chi connectivity index (χ3v) is 3.29. The molecule has 1 aliphatic rings. The van der Waals surface area contributed by atoms with Gasteiger partial charge < -0.3 is 5.11 Å². The summed E-state index contributed by atoms with van der Waals surface area (Å²) in [7, 11) is 0. The Labute approximate surface area is 107 Å². The average molecular weight is 260 g/mol. The van der Waals surface area contributed by atoms with Crippen LogP contribution in [0.5, 0.6) is 0 Å². The van der Waals surface area contributed by atoms with Crippen molar-refractivity contribution >= 4 is 16.9 Å². The van der Waals surface area contributed by atoms with Crippen molar-refractivity contribution in [2.45, 2.75) is 25.4 Å². The van der Waals surface area contributed by atoms with Crippen LogP contribution >= 0.6 is 0 Å². The van der Waals surface area contributed by atoms with E-state index in [9.17, 15) is 14.4 Å². The van der Waals surface area contributed by atoms with Crippen molar-refractivity contribution in [2.24, 2.45) is 0 Å². The standard InChI is InChI=1S/C13H12N2O4/c16-11(17)7-14-10-4-2-1-3-9(10)12(18)15(13(14)19)8-5-6-8/h1-4,8H,5-7H2,(H,16,17). The molecule has 0 radical (unpaired) electrons. The first-order valence-corrected chi connectivity index (χ1v) is 6.05. The molecule has 1 fully saturated rings. The predicted molar refractivity (Wildman–Crippen MR) is 68.4 cm³/mol. The van der Waals surface area contributed by atoms with Crippen molar-refractivity contribution in [3.63, 3.8) is 0 Å². The zero-order chi connectivity index (χ0) is 13.6. The van der Waals surface area contributed by atoms with Crippen LogP contribution in [0.1, 0.15) is 18.9 Å². The van der Waals surface area contributed by atoms with Gasteiger partial charge >= 0.3 is 11.7 Å². The topological polar surface area (TPSA) is 81.3 Å². The number of para-hydroxylation sites is 1. The summed E-state index contributed by atoms with van der Waals surface area (Å²) in [5, 5.41) is 9.30. The molecule has 0 spiro atoms. The fraction of sp³-hybridized carbons (Fsp3) is 0.308. The highest BCUT2D eigenvalue weighted by molar-refractivity contribution is 5.79. The van der Waals surface area contributed by atoms with Gasteiger partial charge in [0.2, 0.25) is 0 Å². The molecule has 1 heterocycles. The molecule has 0 atom stereocenters. The molecule has 1 aliphatic carbocycles. The Kier molecular flexibility index (Phi) is 2.51. The third-order valence-electron chi connectivity index (χ3n) is 3.29. The fourth-order valence-electron chi connectivity index (χ4n) is 2.28. The fourth-order valence-corrected chi connectivity index (χ4v) is 2.28. The number of hydrogen-bond acceptors (Lipinski definition) is 3. The Hall–Kier alpha value is -2.37. The quantitative estimate of drug-likeness (QED) is 0.875. The van der Waals surface area contributed by atoms with Crippen molar-refractivity contribution in [1.82, 2.24) is 9.13 Å². The first-order chi connectivity index (χ1) is 9.09. The normalized spacial score (nSPS) is 14.7. The maximum atomic E-state index is 12.3. The minimum absolute atomic E-state index is 0.0790. The van der Waals surface area contributed by atoms with E-state index in [-0.39, 0.29) is 11.6 Å². The minimum Gasteiger partial charge on any atom is -0.480 e. The number of aliphatic carboxylic acids is 1. The smallest absolute Gasteiger partial charge is 0.332 e. The van der Waals surface area contributed by atoms with Crippen molar-refractivity contribution in [3.05, 3.63) is 45.1 Å². The molecule has 6 heteroatoms. The number of fused-ring (bicyclic) bond motifs is 1. The SMILES string of the molecule is O=C(O)Cn1c(=O)n(C2CC2)c(=O)c2ccccc21. The van der Waals surface area contributed by atoms with Crippen molar-refractivity contribution in [2.75, 3.05) is 0 Å². The van der Waals surface area contributed by atoms with Gasteiger partial charge in [-0.2, -0.15) is 0 Å². The number of benzene rings is 1. The lowest BCUT2D eigenvalue weighted by Gasteiger charge is -2.11. The molecule has 1 aromatic carbocycles. The average Bonchev–Trinajstić information content (AvgIpc) is 3.19. The van der Waals surface area contributed by atoms with Gasteiger partial charge in [0.1, 0.15) is 6.54 Å². The van der Waals surface area contributed by atoms with Crippen LogP contribution < -0.4 is 11.2 Å². The zero-order valence-corrected chi connectivity index (χ0v) is 10.1. The van der Waals surface area contributed by atoms with Crippen molar-refractivity contribution in [1.29, 1.82) is 0 Å². The van der Waals surface area contributed by atoms with E-state index >= 15 is 0 Å². The first kappa shape index (κ1) is 11.7. The van der Waals surface area contributed by atoms with Gasteiger partial charge in [-0.05, 0) is 25.0 Å². The second-order valence-corrected chi connectivity index (χ2v) is 4.69. The van der Waals surface area contributed by atoms with Crippen LogP contribution in [0.4, 0.5) is 0 Å². The van der Waals surface area contributed by atoms with Gasteiger partial charge in [-0.15, -0.1) is 0 Å². The summed E-state index contributed by atoms with van der Waals surface area (Å²) in [5.41, 5.74) is -0.491. The molecule has 0 amide bonds. The highest BCUT2D eigenvalue weighted by atomic mass is 16.4. The van der Waals surface area contributed by atoms with Gasteiger partial charge in [0, 0.05) is 6.04 Å². The van der Waals surface area contributed by atoms with Gasteiger partial charge in [0.05, 0.1) is 10.9 Å². The molecule has 19 heavy (non-hydrogen) atoms. The van der Waals surface area contributed by atoms with E-state index in [1.807, 2.05) is 0 Å². The number of rotatable bonds is 3. The molecule has 0 aliphatic heterocycles. The molecule has 3 rings (SSSR count). The number of carbonyl (C=O) groups is 1. The Bertz CT molecular complexity index is 783. The molecule has 98 valence electrons. The second-order valence-electron chi connectivity index (χ2n) is 4.69. The molecule has 2 aromatic rings. The summed E-state index contributed by atoms with van der Waals surface area (Å²) < 4.78 is 2.34. The Morgan fingerprint density at radius 1 is 1.26 bits per heavy atom. The molecule has 0 unspecified atom stereocenters. The largest absolute Gasteiger partial charge is 0.480 e. The van der Waals surface area contributed by atoms with Crippen LogP contribution in [-0.4, -0.2) is 20.2 Å². The summed E-state index contributed by atoms with van der Waals surface area (Å²) in [4.78, 5) is 35.5. The van der Waals surface area contributed by atoms with E-state index < -0.39 is 18.2 Å². The number of aromatic nitrogens is 2. The highest BCUT2D eigenvalue weighted by Crippen LogP contribution is 2.32. The molecule has 6 nitrogen and oxygen atoms in total. The van der Waals surface area contributed by atoms with E-state index in [0.717, 1.165) is 17.4 Å². The van der Waals surface area contributed by atoms with E-state index in [1.165, 1.54) is 4.57 Å². The molecule has 1 aromatic heterocycles. The van der Waals surface area contributed by atoms with Crippen LogP contribution in [0.2, 0.25) is 0 Å². The number of carboxylic acids is 1. The molecule has 0 saturated heterocycles. The van der Waals surface area contributed by atoms with Crippen LogP contribution in [0.3, 0.4) is 0 Å². The van der Waals surface area contributed by atoms with Crippen LogP contribution in [0.25, 0.3) is 10.9 Å². The summed E-state index contributed by atoms with van der Waals surface area (Å²) in [6.07, 6.45) is 1.58. The third kappa shape index (κ3) is 1.85. The molecule has 1 saturated carbocycles. The van der Waals surface area contributed by atoms with Crippen LogP contribution in [-0.2, 0) is 11.3 Å². The van der Waals surface area contributed by atoms with Gasteiger partial charge in [-0.1, -0.05) is 12.1 Å². The van der Waals surface area contributed by atoms with Gasteiger partial charge in [0.15, 0.2) is 0 Å². The van der Waals surface area contributed by atoms with Crippen LogP contribution in [0.15, 0.2) is 33.9 Å². The number of carboxylic acid groups (broad SMARTS) is 1. The summed E-state index contributed by atoms with van der Waals surface area (Å²) in [6, 6.07) is 6.52. The highest BCUT2D eigenvalue weighted by Gasteiger charge is 2.28. The molecule has 0 bridgehead atoms. The number of nitrogens with zero attached hydrogens (tertiary/aromatic N) is 2. The van der Waals surface area contributed by atoms with Gasteiger partial charge in [0.25, 0.3) is 5.56 Å². The van der Waals surface area contributed by atoms with E-state index in [4.69, 9.17) is 5.11 Å². The maximum absolute atomic E-state index is 12.3. The Morgan fingerprint density at radius 3 is 2.58 bits per heavy atom. The number of hydrogen-bond donors (Lipinski definition) is 1. The van der Waals surface area contributed by atoms with Gasteiger partial charge in [-0.25, -0.2) is 4.79 Å². The van der Waals surface area contributed by atoms with E-state index in [0.29, 0.717) is 10.9 Å². The monoisotopic (exact) mass is 260 g/mol. The lowest BCUT2D eigenvalue weighted by atomic mass is 10.2. The Morgan fingerprint density at radius 2 is 1.95 bits per heavy atom. The second kappa shape index (κ2) is 4.08.